The Bertz CT molecular complexity index is 855. The van der Waals surface area contributed by atoms with Crippen molar-refractivity contribution < 1.29 is 23.9 Å². The molecule has 2 fully saturated rings. The number of anilines is 1. The molecule has 0 bridgehead atoms. The van der Waals surface area contributed by atoms with Crippen molar-refractivity contribution in [1.82, 2.24) is 9.80 Å². The van der Waals surface area contributed by atoms with Gasteiger partial charge in [0, 0.05) is 12.7 Å². The van der Waals surface area contributed by atoms with Crippen molar-refractivity contribution in [2.45, 2.75) is 64.5 Å². The lowest BCUT2D eigenvalue weighted by Crippen LogP contribution is -2.49. The van der Waals surface area contributed by atoms with Crippen molar-refractivity contribution in [3.05, 3.63) is 29.3 Å². The number of nitrogens with one attached hydrogen (secondary N) is 1. The quantitative estimate of drug-likeness (QED) is 0.589. The molecular formula is C22H29N3O5. The molecule has 162 valence electrons. The van der Waals surface area contributed by atoms with Gasteiger partial charge < -0.3 is 15.0 Å². The second-order valence-electron chi connectivity index (χ2n) is 8.21. The maximum Gasteiger partial charge on any atom is 0.327 e. The lowest BCUT2D eigenvalue weighted by atomic mass is 9.81. The minimum atomic E-state index is -1.06. The van der Waals surface area contributed by atoms with Crippen molar-refractivity contribution >= 4 is 29.5 Å². The first-order valence-electron chi connectivity index (χ1n) is 10.3. The van der Waals surface area contributed by atoms with Gasteiger partial charge in [-0.3, -0.25) is 19.3 Å². The van der Waals surface area contributed by atoms with E-state index in [1.165, 1.54) is 11.8 Å². The highest BCUT2D eigenvalue weighted by Crippen LogP contribution is 2.39. The number of urea groups is 1. The molecule has 1 atom stereocenters. The number of carbonyl (C=O) groups is 4. The maximum absolute atomic E-state index is 13.0. The molecule has 0 radical (unpaired) electrons. The molecule has 3 rings (SSSR count). The lowest BCUT2D eigenvalue weighted by Gasteiger charge is -2.35. The fourth-order valence-corrected chi connectivity index (χ4v) is 4.32. The van der Waals surface area contributed by atoms with Gasteiger partial charge in [-0.2, -0.15) is 0 Å². The molecule has 2 aliphatic rings. The first-order valence-corrected chi connectivity index (χ1v) is 10.3. The van der Waals surface area contributed by atoms with Gasteiger partial charge in [-0.25, -0.2) is 4.79 Å². The fourth-order valence-electron chi connectivity index (χ4n) is 4.32. The summed E-state index contributed by atoms with van der Waals surface area (Å²) in [6, 6.07) is 5.15. The van der Waals surface area contributed by atoms with Crippen LogP contribution < -0.4 is 5.32 Å². The average Bonchev–Trinajstić information content (AvgIpc) is 2.87. The number of carbonyl (C=O) groups excluding carboxylic acids is 4. The topological polar surface area (TPSA) is 96.0 Å². The molecule has 8 nitrogen and oxygen atoms in total. The predicted octanol–water partition coefficient (Wildman–Crippen LogP) is 2.77. The number of hydrogen-bond donors (Lipinski definition) is 1. The molecule has 1 saturated heterocycles. The molecule has 1 saturated carbocycles. The Balaban J connectivity index is 1.61. The minimum Gasteiger partial charge on any atom is -0.451 e. The Hall–Kier alpha value is -2.90. The largest absolute Gasteiger partial charge is 0.451 e. The first-order chi connectivity index (χ1) is 14.2. The van der Waals surface area contributed by atoms with E-state index >= 15 is 0 Å². The van der Waals surface area contributed by atoms with Crippen LogP contribution in [0.2, 0.25) is 0 Å². The Labute approximate surface area is 176 Å². The number of nitrogens with zero attached hydrogens (tertiary/aromatic N) is 2. The number of aryl methyl sites for hydroxylation is 2. The van der Waals surface area contributed by atoms with Crippen LogP contribution in [0.3, 0.4) is 0 Å². The summed E-state index contributed by atoms with van der Waals surface area (Å²) in [5, 5.41) is 2.78. The molecule has 1 aliphatic carbocycles. The van der Waals surface area contributed by atoms with Gasteiger partial charge in [0.25, 0.3) is 11.8 Å². The van der Waals surface area contributed by atoms with Crippen LogP contribution in [0.25, 0.3) is 0 Å². The van der Waals surface area contributed by atoms with E-state index in [-0.39, 0.29) is 5.91 Å². The summed E-state index contributed by atoms with van der Waals surface area (Å²) in [5.41, 5.74) is 1.63. The summed E-state index contributed by atoms with van der Waals surface area (Å²) in [6.45, 7) is 4.72. The Morgan fingerprint density at radius 2 is 1.73 bits per heavy atom. The van der Waals surface area contributed by atoms with Crippen molar-refractivity contribution in [3.63, 3.8) is 0 Å². The number of amides is 4. The molecule has 0 aromatic heterocycles. The third kappa shape index (κ3) is 3.91. The molecule has 30 heavy (non-hydrogen) atoms. The highest BCUT2D eigenvalue weighted by Gasteiger charge is 2.56. The average molecular weight is 415 g/mol. The summed E-state index contributed by atoms with van der Waals surface area (Å²) >= 11 is 0. The van der Waals surface area contributed by atoms with Gasteiger partial charge in [-0.05, 0) is 44.7 Å². The number of esters is 1. The summed E-state index contributed by atoms with van der Waals surface area (Å²) in [6.07, 6.45) is 2.92. The van der Waals surface area contributed by atoms with E-state index < -0.39 is 36.1 Å². The van der Waals surface area contributed by atoms with Crippen molar-refractivity contribution in [3.8, 4) is 0 Å². The predicted molar refractivity (Wildman–Crippen MR) is 111 cm³/mol. The molecule has 1 heterocycles. The maximum atomic E-state index is 13.0. The fraction of sp³-hybridized carbons (Fsp3) is 0.545. The van der Waals surface area contributed by atoms with Crippen LogP contribution in [0.4, 0.5) is 10.5 Å². The number of rotatable bonds is 5. The van der Waals surface area contributed by atoms with Crippen molar-refractivity contribution in [2.75, 3.05) is 18.9 Å². The molecule has 1 N–H and O–H groups in total. The van der Waals surface area contributed by atoms with Crippen molar-refractivity contribution in [2.24, 2.45) is 0 Å². The molecule has 0 unspecified atom stereocenters. The van der Waals surface area contributed by atoms with E-state index in [2.05, 4.69) is 5.32 Å². The van der Waals surface area contributed by atoms with E-state index in [9.17, 15) is 19.2 Å². The molecule has 1 aromatic carbocycles. The normalized spacial score (nSPS) is 19.2. The van der Waals surface area contributed by atoms with Crippen LogP contribution in [0.15, 0.2) is 18.2 Å². The van der Waals surface area contributed by atoms with Crippen LogP contribution in [-0.2, 0) is 19.1 Å². The molecule has 1 spiro atoms. The third-order valence-electron chi connectivity index (χ3n) is 6.18. The standard InChI is InChI=1S/C22H29N3O5/c1-14-9-8-10-15(2)18(14)23-19(27)16(3)30-17(26)13-25-20(28)22(24(4)21(25)29)11-6-5-7-12-22/h8-10,16H,5-7,11-13H2,1-4H3,(H,23,27)/t16-/m1/s1. The summed E-state index contributed by atoms with van der Waals surface area (Å²) < 4.78 is 5.22. The zero-order valence-electron chi connectivity index (χ0n) is 18.0. The van der Waals surface area contributed by atoms with Crippen LogP contribution >= 0.6 is 0 Å². The van der Waals surface area contributed by atoms with Gasteiger partial charge in [-0.1, -0.05) is 37.5 Å². The third-order valence-corrected chi connectivity index (χ3v) is 6.18. The summed E-state index contributed by atoms with van der Waals surface area (Å²) in [4.78, 5) is 52.8. The number of para-hydroxylation sites is 1. The number of ether oxygens (including phenoxy) is 1. The zero-order valence-corrected chi connectivity index (χ0v) is 18.0. The minimum absolute atomic E-state index is 0.348. The number of hydrogen-bond acceptors (Lipinski definition) is 5. The number of imide groups is 1. The van der Waals surface area contributed by atoms with E-state index in [1.807, 2.05) is 32.0 Å². The Morgan fingerprint density at radius 1 is 1.13 bits per heavy atom. The van der Waals surface area contributed by atoms with Crippen LogP contribution in [0.5, 0.6) is 0 Å². The van der Waals surface area contributed by atoms with E-state index in [4.69, 9.17) is 4.74 Å². The Kier molecular flexibility index (Phi) is 6.14. The van der Waals surface area contributed by atoms with Gasteiger partial charge in [0.1, 0.15) is 12.1 Å². The van der Waals surface area contributed by atoms with Gasteiger partial charge in [0.05, 0.1) is 0 Å². The van der Waals surface area contributed by atoms with Gasteiger partial charge in [0.15, 0.2) is 6.10 Å². The monoisotopic (exact) mass is 415 g/mol. The van der Waals surface area contributed by atoms with E-state index in [1.54, 1.807) is 7.05 Å². The highest BCUT2D eigenvalue weighted by atomic mass is 16.5. The zero-order chi connectivity index (χ0) is 22.1. The van der Waals surface area contributed by atoms with Crippen LogP contribution in [0, 0.1) is 13.8 Å². The summed E-state index contributed by atoms with van der Waals surface area (Å²) in [5.74, 6) is -1.61. The number of likely N-dealkylation sites (N-methyl/N-ethyl adjacent to an activating group) is 1. The van der Waals surface area contributed by atoms with Gasteiger partial charge in [-0.15, -0.1) is 0 Å². The highest BCUT2D eigenvalue weighted by molar-refractivity contribution is 6.08. The smallest absolute Gasteiger partial charge is 0.327 e. The van der Waals surface area contributed by atoms with Gasteiger partial charge in [0.2, 0.25) is 0 Å². The summed E-state index contributed by atoms with van der Waals surface area (Å²) in [7, 11) is 1.61. The number of benzene rings is 1. The van der Waals surface area contributed by atoms with E-state index in [0.29, 0.717) is 18.5 Å². The van der Waals surface area contributed by atoms with Crippen LogP contribution in [0.1, 0.15) is 50.2 Å². The first kappa shape index (κ1) is 21.8. The molecule has 4 amide bonds. The van der Waals surface area contributed by atoms with Crippen molar-refractivity contribution in [1.29, 1.82) is 0 Å². The Morgan fingerprint density at radius 3 is 2.33 bits per heavy atom. The lowest BCUT2D eigenvalue weighted by molar-refractivity contribution is -0.155. The van der Waals surface area contributed by atoms with Gasteiger partial charge >= 0.3 is 12.0 Å². The molecular weight excluding hydrogens is 386 g/mol. The molecule has 1 aromatic rings. The van der Waals surface area contributed by atoms with E-state index in [0.717, 1.165) is 35.3 Å². The molecule has 1 aliphatic heterocycles. The second kappa shape index (κ2) is 8.45. The SMILES string of the molecule is Cc1cccc(C)c1NC(=O)[C@@H](C)OC(=O)CN1C(=O)N(C)C2(CCCCC2)C1=O. The second-order valence-corrected chi connectivity index (χ2v) is 8.21. The van der Waals surface area contributed by atoms with Crippen LogP contribution in [-0.4, -0.2) is 58.8 Å². The molecule has 8 heteroatoms.